The molecule has 0 bridgehead atoms. The summed E-state index contributed by atoms with van der Waals surface area (Å²) in [7, 11) is -3.03. The molecule has 1 aromatic carbocycles. The lowest BCUT2D eigenvalue weighted by atomic mass is 10.1. The zero-order chi connectivity index (χ0) is 22.4. The largest absolute Gasteiger partial charge is 0.434 e. The summed E-state index contributed by atoms with van der Waals surface area (Å²) >= 11 is 5.81. The summed E-state index contributed by atoms with van der Waals surface area (Å²) in [6.07, 6.45) is -3.31. The maximum Gasteiger partial charge on any atom is 0.434 e. The van der Waals surface area contributed by atoms with E-state index in [4.69, 9.17) is 11.6 Å². The maximum atomic E-state index is 13.9. The van der Waals surface area contributed by atoms with Crippen LogP contribution in [0.4, 0.5) is 13.2 Å². The molecule has 0 spiro atoms. The highest BCUT2D eigenvalue weighted by atomic mass is 35.5. The summed E-state index contributed by atoms with van der Waals surface area (Å²) in [4.78, 5) is 16.3. The van der Waals surface area contributed by atoms with Crippen LogP contribution in [0.5, 0.6) is 0 Å². The minimum absolute atomic E-state index is 0.0903. The lowest BCUT2D eigenvalue weighted by Crippen LogP contribution is -2.52. The van der Waals surface area contributed by atoms with Gasteiger partial charge in [0, 0.05) is 37.2 Å². The summed E-state index contributed by atoms with van der Waals surface area (Å²) in [6, 6.07) is 5.59. The number of hydrogen-bond acceptors (Lipinski definition) is 5. The van der Waals surface area contributed by atoms with E-state index >= 15 is 0 Å². The van der Waals surface area contributed by atoms with E-state index in [-0.39, 0.29) is 36.3 Å². The van der Waals surface area contributed by atoms with E-state index in [2.05, 4.69) is 5.10 Å². The highest BCUT2D eigenvalue weighted by Gasteiger charge is 2.42. The first-order valence-corrected chi connectivity index (χ1v) is 11.9. The normalized spacial score (nSPS) is 22.1. The van der Waals surface area contributed by atoms with Crippen molar-refractivity contribution in [2.45, 2.75) is 18.6 Å². The molecule has 168 valence electrons. The summed E-state index contributed by atoms with van der Waals surface area (Å²) in [5.41, 5.74) is -1.51. The number of benzene rings is 1. The maximum absolute atomic E-state index is 13.9. The summed E-state index contributed by atoms with van der Waals surface area (Å²) in [6.45, 7) is 1.27. The summed E-state index contributed by atoms with van der Waals surface area (Å²) < 4.78 is 65.6. The van der Waals surface area contributed by atoms with Gasteiger partial charge in [-0.15, -0.1) is 0 Å². The number of nitrogens with zero attached hydrogens (tertiary/aromatic N) is 4. The molecule has 1 unspecified atom stereocenters. The highest BCUT2D eigenvalue weighted by Crippen LogP contribution is 2.34. The van der Waals surface area contributed by atoms with Gasteiger partial charge in [0.25, 0.3) is 5.91 Å². The minimum atomic E-state index is -4.79. The van der Waals surface area contributed by atoms with Crippen molar-refractivity contribution in [3.63, 3.8) is 0 Å². The van der Waals surface area contributed by atoms with Crippen LogP contribution in [-0.2, 0) is 16.0 Å². The molecule has 2 aliphatic heterocycles. The minimum Gasteiger partial charge on any atom is -0.336 e. The summed E-state index contributed by atoms with van der Waals surface area (Å²) in [5, 5.41) is 4.19. The molecule has 31 heavy (non-hydrogen) atoms. The van der Waals surface area contributed by atoms with E-state index in [1.165, 1.54) is 29.2 Å². The molecule has 1 amide bonds. The number of piperazine rings is 1. The molecule has 7 nitrogen and oxygen atoms in total. The van der Waals surface area contributed by atoms with Crippen molar-refractivity contribution >= 4 is 27.3 Å². The van der Waals surface area contributed by atoms with E-state index < -0.39 is 33.2 Å². The van der Waals surface area contributed by atoms with Crippen molar-refractivity contribution in [2.75, 3.05) is 37.7 Å². The Morgan fingerprint density at radius 3 is 2.29 bits per heavy atom. The Labute approximate surface area is 182 Å². The molecule has 3 heterocycles. The van der Waals surface area contributed by atoms with Crippen LogP contribution in [0.25, 0.3) is 5.69 Å². The third kappa shape index (κ3) is 4.58. The van der Waals surface area contributed by atoms with E-state index in [1.807, 2.05) is 4.90 Å². The fourth-order valence-corrected chi connectivity index (χ4v) is 5.97. The number of halogens is 4. The molecule has 2 saturated heterocycles. The van der Waals surface area contributed by atoms with Crippen LogP contribution in [0.1, 0.15) is 22.5 Å². The topological polar surface area (TPSA) is 75.5 Å². The molecule has 0 radical (unpaired) electrons. The Bertz CT molecular complexity index is 1080. The fourth-order valence-electron chi connectivity index (χ4n) is 4.08. The molecular formula is C19H20ClF3N4O3S. The van der Waals surface area contributed by atoms with Crippen LogP contribution in [0.15, 0.2) is 30.5 Å². The van der Waals surface area contributed by atoms with Gasteiger partial charge in [0.15, 0.2) is 15.5 Å². The molecule has 0 aliphatic carbocycles. The molecule has 12 heteroatoms. The van der Waals surface area contributed by atoms with E-state index in [1.54, 1.807) is 0 Å². The number of carbonyl (C=O) groups is 1. The molecule has 2 fully saturated rings. The number of rotatable bonds is 3. The third-order valence-electron chi connectivity index (χ3n) is 5.67. The van der Waals surface area contributed by atoms with Gasteiger partial charge in [0.05, 0.1) is 29.0 Å². The number of alkyl halides is 3. The van der Waals surface area contributed by atoms with Gasteiger partial charge in [0.2, 0.25) is 0 Å². The van der Waals surface area contributed by atoms with Crippen molar-refractivity contribution in [3.05, 3.63) is 46.7 Å². The second-order valence-corrected chi connectivity index (χ2v) is 10.3. The van der Waals surface area contributed by atoms with Gasteiger partial charge in [-0.05, 0) is 30.7 Å². The number of amides is 1. The Morgan fingerprint density at radius 2 is 1.74 bits per heavy atom. The van der Waals surface area contributed by atoms with Crippen LogP contribution in [0.3, 0.4) is 0 Å². The van der Waals surface area contributed by atoms with Crippen molar-refractivity contribution in [1.29, 1.82) is 0 Å². The Kier molecular flexibility index (Phi) is 5.78. The van der Waals surface area contributed by atoms with Gasteiger partial charge in [-0.3, -0.25) is 9.69 Å². The van der Waals surface area contributed by atoms with Gasteiger partial charge in [-0.1, -0.05) is 11.6 Å². The van der Waals surface area contributed by atoms with Crippen molar-refractivity contribution < 1.29 is 26.4 Å². The van der Waals surface area contributed by atoms with Gasteiger partial charge in [0.1, 0.15) is 0 Å². The smallest absolute Gasteiger partial charge is 0.336 e. The van der Waals surface area contributed by atoms with Crippen LogP contribution in [0, 0.1) is 0 Å². The van der Waals surface area contributed by atoms with Crippen LogP contribution in [-0.4, -0.2) is 77.6 Å². The number of carbonyl (C=O) groups excluding carboxylic acids is 1. The van der Waals surface area contributed by atoms with Crippen LogP contribution >= 0.6 is 11.6 Å². The average molecular weight is 477 g/mol. The van der Waals surface area contributed by atoms with E-state index in [0.29, 0.717) is 29.2 Å². The predicted molar refractivity (Wildman–Crippen MR) is 108 cm³/mol. The Morgan fingerprint density at radius 1 is 1.10 bits per heavy atom. The molecule has 1 atom stereocenters. The number of aromatic nitrogens is 2. The van der Waals surface area contributed by atoms with Crippen LogP contribution in [0.2, 0.25) is 5.02 Å². The number of hydrogen-bond donors (Lipinski definition) is 0. The molecule has 2 aromatic rings. The quantitative estimate of drug-likeness (QED) is 0.680. The van der Waals surface area contributed by atoms with Gasteiger partial charge >= 0.3 is 6.18 Å². The Hall–Kier alpha value is -2.11. The fraction of sp³-hybridized carbons (Fsp3) is 0.474. The molecule has 0 saturated carbocycles. The van der Waals surface area contributed by atoms with Crippen LogP contribution < -0.4 is 0 Å². The molecule has 2 aliphatic rings. The molecular weight excluding hydrogens is 457 g/mol. The zero-order valence-corrected chi connectivity index (χ0v) is 17.9. The highest BCUT2D eigenvalue weighted by molar-refractivity contribution is 7.91. The first-order valence-electron chi connectivity index (χ1n) is 9.70. The van der Waals surface area contributed by atoms with Gasteiger partial charge in [-0.25, -0.2) is 13.1 Å². The van der Waals surface area contributed by atoms with Crippen molar-refractivity contribution in [2.24, 2.45) is 0 Å². The first kappa shape index (κ1) is 22.1. The predicted octanol–water partition coefficient (Wildman–Crippen LogP) is 2.49. The zero-order valence-electron chi connectivity index (χ0n) is 16.3. The SMILES string of the molecule is O=C(c1cnn(-c2ccc(Cl)cc2)c1C(F)(F)F)N1CCN(C2CCS(=O)(=O)C2)CC1. The molecule has 1 aromatic heterocycles. The second kappa shape index (κ2) is 8.10. The van der Waals surface area contributed by atoms with Crippen molar-refractivity contribution in [1.82, 2.24) is 19.6 Å². The monoisotopic (exact) mass is 476 g/mol. The lowest BCUT2D eigenvalue weighted by molar-refractivity contribution is -0.143. The first-order chi connectivity index (χ1) is 14.5. The van der Waals surface area contributed by atoms with Crippen molar-refractivity contribution in [3.8, 4) is 5.69 Å². The summed E-state index contributed by atoms with van der Waals surface area (Å²) in [5.74, 6) is -0.505. The average Bonchev–Trinajstić information content (AvgIpc) is 3.32. The van der Waals surface area contributed by atoms with Gasteiger partial charge in [-0.2, -0.15) is 18.3 Å². The lowest BCUT2D eigenvalue weighted by Gasteiger charge is -2.37. The van der Waals surface area contributed by atoms with Gasteiger partial charge < -0.3 is 4.90 Å². The third-order valence-corrected chi connectivity index (χ3v) is 7.67. The standard InChI is InChI=1S/C19H20ClF3N4O3S/c20-13-1-3-14(4-2-13)27-17(19(21,22)23)16(11-24-27)18(28)26-8-6-25(7-9-26)15-5-10-31(29,30)12-15/h1-4,11,15H,5-10,12H2. The van der Waals surface area contributed by atoms with E-state index in [9.17, 15) is 26.4 Å². The van der Waals surface area contributed by atoms with E-state index in [0.717, 1.165) is 6.20 Å². The molecule has 4 rings (SSSR count). The number of sulfone groups is 1. The second-order valence-electron chi connectivity index (χ2n) is 7.68. The Balaban J connectivity index is 1.53. The molecule has 0 N–H and O–H groups in total.